The lowest BCUT2D eigenvalue weighted by molar-refractivity contribution is -0.138. The molecule has 1 nitrogen and oxygen atoms in total. The van der Waals surface area contributed by atoms with E-state index < -0.39 is 42.1 Å². The summed E-state index contributed by atoms with van der Waals surface area (Å²) < 4.78 is 76.0. The smallest absolute Gasteiger partial charge is 0.396 e. The van der Waals surface area contributed by atoms with Gasteiger partial charge in [-0.3, -0.25) is 0 Å². The Morgan fingerprint density at radius 1 is 0.941 bits per heavy atom. The van der Waals surface area contributed by atoms with Crippen LogP contribution in [0, 0.1) is 5.82 Å². The van der Waals surface area contributed by atoms with Crippen molar-refractivity contribution in [1.82, 2.24) is 0 Å². The number of benzene rings is 1. The summed E-state index contributed by atoms with van der Waals surface area (Å²) >= 11 is 0. The summed E-state index contributed by atoms with van der Waals surface area (Å²) in [5.74, 6) is -5.09. The zero-order valence-corrected chi connectivity index (χ0v) is 8.36. The van der Waals surface area contributed by atoms with Gasteiger partial charge in [-0.25, -0.2) is 13.2 Å². The Labute approximate surface area is 92.7 Å². The van der Waals surface area contributed by atoms with Crippen LogP contribution in [0.25, 0.3) is 0 Å². The molecule has 1 aromatic carbocycles. The molecular formula is C10H8F6O. The Hall–Kier alpha value is -1.24. The van der Waals surface area contributed by atoms with Crippen molar-refractivity contribution >= 4 is 0 Å². The summed E-state index contributed by atoms with van der Waals surface area (Å²) in [6.07, 6.45) is -5.96. The summed E-state index contributed by atoms with van der Waals surface area (Å²) in [4.78, 5) is 0. The topological polar surface area (TPSA) is 20.2 Å². The van der Waals surface area contributed by atoms with Crippen LogP contribution in [-0.4, -0.2) is 11.7 Å². The Bertz CT molecular complexity index is 398. The highest BCUT2D eigenvalue weighted by Gasteiger charge is 2.36. The lowest BCUT2D eigenvalue weighted by Gasteiger charge is -2.17. The van der Waals surface area contributed by atoms with Gasteiger partial charge in [0.15, 0.2) is 0 Å². The monoisotopic (exact) mass is 258 g/mol. The van der Waals surface area contributed by atoms with Crippen molar-refractivity contribution < 1.29 is 31.4 Å². The molecule has 0 fully saturated rings. The van der Waals surface area contributed by atoms with E-state index in [0.717, 1.165) is 0 Å². The summed E-state index contributed by atoms with van der Waals surface area (Å²) in [5, 5.41) is 8.37. The fourth-order valence-electron chi connectivity index (χ4n) is 1.25. The minimum atomic E-state index is -4.90. The van der Waals surface area contributed by atoms with Crippen LogP contribution in [0.4, 0.5) is 26.3 Å². The Morgan fingerprint density at radius 2 is 1.47 bits per heavy atom. The molecule has 17 heavy (non-hydrogen) atoms. The number of hydrogen-bond acceptors (Lipinski definition) is 1. The van der Waals surface area contributed by atoms with E-state index in [9.17, 15) is 26.3 Å². The van der Waals surface area contributed by atoms with Gasteiger partial charge in [0.1, 0.15) is 5.82 Å². The van der Waals surface area contributed by atoms with Crippen molar-refractivity contribution in [2.24, 2.45) is 0 Å². The summed E-state index contributed by atoms with van der Waals surface area (Å²) in [6.45, 7) is -0.912. The average molecular weight is 258 g/mol. The molecule has 0 radical (unpaired) electrons. The minimum Gasteiger partial charge on any atom is -0.396 e. The Balaban J connectivity index is 3.23. The SMILES string of the molecule is OCCC(F)(F)c1cc(F)cc(C(F)(F)F)c1. The third-order valence-corrected chi connectivity index (χ3v) is 2.07. The van der Waals surface area contributed by atoms with Crippen LogP contribution in [0.2, 0.25) is 0 Å². The molecule has 0 saturated heterocycles. The van der Waals surface area contributed by atoms with E-state index in [1.165, 1.54) is 0 Å². The molecule has 1 N–H and O–H groups in total. The van der Waals surface area contributed by atoms with Crippen molar-refractivity contribution in [3.8, 4) is 0 Å². The van der Waals surface area contributed by atoms with Crippen molar-refractivity contribution in [3.63, 3.8) is 0 Å². The normalized spacial score (nSPS) is 12.9. The molecule has 0 spiro atoms. The molecule has 0 amide bonds. The van der Waals surface area contributed by atoms with Crippen LogP contribution in [0.3, 0.4) is 0 Å². The Morgan fingerprint density at radius 3 is 1.94 bits per heavy atom. The second kappa shape index (κ2) is 4.56. The second-order valence-electron chi connectivity index (χ2n) is 3.40. The van der Waals surface area contributed by atoms with Crippen molar-refractivity contribution in [3.05, 3.63) is 35.1 Å². The van der Waals surface area contributed by atoms with Gasteiger partial charge in [-0.15, -0.1) is 0 Å². The molecule has 0 aliphatic heterocycles. The number of rotatable bonds is 3. The first-order valence-corrected chi connectivity index (χ1v) is 4.54. The summed E-state index contributed by atoms with van der Waals surface area (Å²) in [6, 6.07) is 0.641. The highest BCUT2D eigenvalue weighted by Crippen LogP contribution is 2.36. The van der Waals surface area contributed by atoms with Crippen LogP contribution in [0.15, 0.2) is 18.2 Å². The molecule has 0 heterocycles. The van der Waals surface area contributed by atoms with Gasteiger partial charge >= 0.3 is 6.18 Å². The van der Waals surface area contributed by atoms with Gasteiger partial charge < -0.3 is 5.11 Å². The van der Waals surface area contributed by atoms with E-state index >= 15 is 0 Å². The molecule has 1 rings (SSSR count). The lowest BCUT2D eigenvalue weighted by Crippen LogP contribution is -2.17. The van der Waals surface area contributed by atoms with E-state index in [4.69, 9.17) is 5.11 Å². The molecule has 0 unspecified atom stereocenters. The quantitative estimate of drug-likeness (QED) is 0.824. The molecule has 0 aromatic heterocycles. The summed E-state index contributed by atoms with van der Waals surface area (Å²) in [5.41, 5.74) is -2.58. The van der Waals surface area contributed by atoms with Crippen LogP contribution in [0.5, 0.6) is 0 Å². The first kappa shape index (κ1) is 13.8. The molecule has 0 atom stereocenters. The Kier molecular flexibility index (Phi) is 3.71. The van der Waals surface area contributed by atoms with Crippen molar-refractivity contribution in [2.45, 2.75) is 18.5 Å². The number of aliphatic hydroxyl groups is 1. The molecule has 0 aliphatic rings. The highest BCUT2D eigenvalue weighted by atomic mass is 19.4. The third-order valence-electron chi connectivity index (χ3n) is 2.07. The number of aliphatic hydroxyl groups excluding tert-OH is 1. The molecule has 7 heteroatoms. The molecule has 0 aliphatic carbocycles. The zero-order chi connectivity index (χ0) is 13.3. The van der Waals surface area contributed by atoms with Gasteiger partial charge in [-0.2, -0.15) is 13.2 Å². The number of hydrogen-bond donors (Lipinski definition) is 1. The maximum absolute atomic E-state index is 13.2. The fraction of sp³-hybridized carbons (Fsp3) is 0.400. The molecule has 96 valence electrons. The summed E-state index contributed by atoms with van der Waals surface area (Å²) in [7, 11) is 0. The number of alkyl halides is 5. The van der Waals surface area contributed by atoms with Crippen LogP contribution >= 0.6 is 0 Å². The van der Waals surface area contributed by atoms with Gasteiger partial charge in [-0.1, -0.05) is 0 Å². The van der Waals surface area contributed by atoms with E-state index in [-0.39, 0.29) is 12.1 Å². The van der Waals surface area contributed by atoms with E-state index in [1.807, 2.05) is 0 Å². The third kappa shape index (κ3) is 3.36. The van der Waals surface area contributed by atoms with Crippen LogP contribution in [-0.2, 0) is 12.1 Å². The first-order chi connectivity index (χ1) is 7.66. The van der Waals surface area contributed by atoms with E-state index in [2.05, 4.69) is 0 Å². The zero-order valence-electron chi connectivity index (χ0n) is 8.36. The van der Waals surface area contributed by atoms with Gasteiger partial charge in [0, 0.05) is 18.6 Å². The highest BCUT2D eigenvalue weighted by molar-refractivity contribution is 5.29. The van der Waals surface area contributed by atoms with Crippen molar-refractivity contribution in [1.29, 1.82) is 0 Å². The largest absolute Gasteiger partial charge is 0.416 e. The van der Waals surface area contributed by atoms with Gasteiger partial charge in [0.25, 0.3) is 5.92 Å². The van der Waals surface area contributed by atoms with Crippen LogP contribution in [0.1, 0.15) is 17.5 Å². The average Bonchev–Trinajstić information content (AvgIpc) is 2.15. The predicted molar refractivity (Wildman–Crippen MR) is 47.0 cm³/mol. The maximum atomic E-state index is 13.2. The molecule has 0 saturated carbocycles. The van der Waals surface area contributed by atoms with Gasteiger partial charge in [0.05, 0.1) is 5.56 Å². The van der Waals surface area contributed by atoms with E-state index in [0.29, 0.717) is 6.07 Å². The van der Waals surface area contributed by atoms with E-state index in [1.54, 1.807) is 0 Å². The van der Waals surface area contributed by atoms with Crippen molar-refractivity contribution in [2.75, 3.05) is 6.61 Å². The standard InChI is InChI=1S/C10H8F6O/c11-8-4-6(9(12,13)1-2-17)3-7(5-8)10(14,15)16/h3-5,17H,1-2H2. The molecule has 0 bridgehead atoms. The fourth-order valence-corrected chi connectivity index (χ4v) is 1.25. The lowest BCUT2D eigenvalue weighted by atomic mass is 10.0. The predicted octanol–water partition coefficient (Wildman–Crippen LogP) is 3.32. The maximum Gasteiger partial charge on any atom is 0.416 e. The minimum absolute atomic E-state index is 0.137. The second-order valence-corrected chi connectivity index (χ2v) is 3.40. The first-order valence-electron chi connectivity index (χ1n) is 4.54. The van der Waals surface area contributed by atoms with Gasteiger partial charge in [-0.05, 0) is 18.2 Å². The number of halogens is 6. The molecular weight excluding hydrogens is 250 g/mol. The molecule has 1 aromatic rings. The van der Waals surface area contributed by atoms with Crippen LogP contribution < -0.4 is 0 Å². The van der Waals surface area contributed by atoms with Gasteiger partial charge in [0.2, 0.25) is 0 Å².